The number of aryl methyl sites for hydroxylation is 2. The van der Waals surface area contributed by atoms with Crippen LogP contribution in [0.25, 0.3) is 5.95 Å². The lowest BCUT2D eigenvalue weighted by molar-refractivity contribution is 0.262. The highest BCUT2D eigenvalue weighted by Gasteiger charge is 2.08. The fourth-order valence-corrected chi connectivity index (χ4v) is 2.27. The summed E-state index contributed by atoms with van der Waals surface area (Å²) in [6.07, 6.45) is 6.59. The van der Waals surface area contributed by atoms with Crippen molar-refractivity contribution in [3.05, 3.63) is 59.9 Å². The lowest BCUT2D eigenvalue weighted by Crippen LogP contribution is -2.20. The first-order chi connectivity index (χ1) is 11.5. The van der Waals surface area contributed by atoms with Gasteiger partial charge in [-0.2, -0.15) is 0 Å². The topological polar surface area (TPSA) is 84.7 Å². The second kappa shape index (κ2) is 6.49. The van der Waals surface area contributed by atoms with E-state index in [0.717, 1.165) is 22.6 Å². The number of rotatable bonds is 3. The van der Waals surface area contributed by atoms with E-state index in [1.165, 1.54) is 0 Å². The summed E-state index contributed by atoms with van der Waals surface area (Å²) in [5, 5.41) is 5.55. The molecule has 7 heteroatoms. The zero-order chi connectivity index (χ0) is 17.1. The first-order valence-electron chi connectivity index (χ1n) is 7.51. The van der Waals surface area contributed by atoms with Gasteiger partial charge in [0.15, 0.2) is 0 Å². The third kappa shape index (κ3) is 3.24. The maximum absolute atomic E-state index is 12.1. The van der Waals surface area contributed by atoms with E-state index in [1.54, 1.807) is 29.4 Å². The maximum Gasteiger partial charge on any atom is 0.323 e. The van der Waals surface area contributed by atoms with Crippen LogP contribution in [-0.2, 0) is 0 Å². The van der Waals surface area contributed by atoms with Gasteiger partial charge < -0.3 is 10.6 Å². The van der Waals surface area contributed by atoms with E-state index < -0.39 is 0 Å². The largest absolute Gasteiger partial charge is 0.323 e. The first-order valence-corrected chi connectivity index (χ1v) is 7.51. The Bertz CT molecular complexity index is 869. The van der Waals surface area contributed by atoms with Crippen molar-refractivity contribution in [2.75, 3.05) is 10.6 Å². The van der Waals surface area contributed by atoms with E-state index >= 15 is 0 Å². The molecule has 3 rings (SSSR count). The third-order valence-corrected chi connectivity index (χ3v) is 3.79. The zero-order valence-electron chi connectivity index (χ0n) is 13.7. The molecule has 0 unspecified atom stereocenters. The normalized spacial score (nSPS) is 10.5. The summed E-state index contributed by atoms with van der Waals surface area (Å²) in [6, 6.07) is 5.44. The monoisotopic (exact) mass is 322 g/mol. The van der Waals surface area contributed by atoms with Crippen molar-refractivity contribution in [2.24, 2.45) is 0 Å². The molecule has 0 spiro atoms. The molecular formula is C17H18N6O. The minimum absolute atomic E-state index is 0.334. The van der Waals surface area contributed by atoms with Crippen LogP contribution in [0, 0.1) is 20.8 Å². The van der Waals surface area contributed by atoms with E-state index in [2.05, 4.69) is 25.6 Å². The summed E-state index contributed by atoms with van der Waals surface area (Å²) in [6.45, 7) is 5.84. The summed E-state index contributed by atoms with van der Waals surface area (Å²) < 4.78 is 1.76. The van der Waals surface area contributed by atoms with Crippen molar-refractivity contribution in [3.8, 4) is 5.95 Å². The number of urea groups is 1. The van der Waals surface area contributed by atoms with Crippen LogP contribution in [0.15, 0.2) is 43.0 Å². The van der Waals surface area contributed by atoms with Gasteiger partial charge >= 0.3 is 6.03 Å². The van der Waals surface area contributed by atoms with Crippen LogP contribution in [0.2, 0.25) is 0 Å². The zero-order valence-corrected chi connectivity index (χ0v) is 13.7. The Morgan fingerprint density at radius 2 is 1.79 bits per heavy atom. The van der Waals surface area contributed by atoms with Crippen LogP contribution in [0.4, 0.5) is 16.2 Å². The highest BCUT2D eigenvalue weighted by molar-refractivity contribution is 6.00. The molecule has 0 saturated heterocycles. The van der Waals surface area contributed by atoms with Gasteiger partial charge in [-0.25, -0.2) is 19.7 Å². The van der Waals surface area contributed by atoms with Crippen LogP contribution in [0.1, 0.15) is 17.0 Å². The lowest BCUT2D eigenvalue weighted by atomic mass is 10.1. The Kier molecular flexibility index (Phi) is 4.24. The molecule has 1 aromatic carbocycles. The molecule has 2 N–H and O–H groups in total. The average molecular weight is 322 g/mol. The Morgan fingerprint density at radius 1 is 1.04 bits per heavy atom. The molecule has 0 radical (unpaired) electrons. The molecular weight excluding hydrogens is 304 g/mol. The smallest absolute Gasteiger partial charge is 0.307 e. The Balaban J connectivity index is 1.69. The fraction of sp³-hybridized carbons (Fsp3) is 0.176. The van der Waals surface area contributed by atoms with Crippen molar-refractivity contribution in [1.29, 1.82) is 0 Å². The summed E-state index contributed by atoms with van der Waals surface area (Å²) in [4.78, 5) is 24.7. The van der Waals surface area contributed by atoms with Crippen molar-refractivity contribution < 1.29 is 4.79 Å². The van der Waals surface area contributed by atoms with Gasteiger partial charge in [-0.3, -0.25) is 4.57 Å². The molecule has 0 aliphatic rings. The molecule has 2 aromatic heterocycles. The number of nitrogens with zero attached hydrogens (tertiary/aromatic N) is 4. The molecule has 0 aliphatic carbocycles. The van der Waals surface area contributed by atoms with Gasteiger partial charge in [-0.05, 0) is 38.0 Å². The van der Waals surface area contributed by atoms with E-state index in [9.17, 15) is 4.79 Å². The van der Waals surface area contributed by atoms with E-state index in [-0.39, 0.29) is 6.03 Å². The van der Waals surface area contributed by atoms with Gasteiger partial charge in [0.1, 0.15) is 5.82 Å². The number of hydrogen-bond donors (Lipinski definition) is 2. The van der Waals surface area contributed by atoms with E-state index in [0.29, 0.717) is 11.6 Å². The molecule has 0 bridgehead atoms. The van der Waals surface area contributed by atoms with Crippen molar-refractivity contribution in [2.45, 2.75) is 20.8 Å². The predicted molar refractivity (Wildman–Crippen MR) is 92.4 cm³/mol. The number of carbonyl (C=O) groups is 1. The second-order valence-corrected chi connectivity index (χ2v) is 5.44. The molecule has 7 nitrogen and oxygen atoms in total. The Morgan fingerprint density at radius 3 is 2.46 bits per heavy atom. The van der Waals surface area contributed by atoms with Crippen molar-refractivity contribution in [1.82, 2.24) is 19.5 Å². The number of aromatic nitrogens is 4. The number of nitrogens with one attached hydrogen (secondary N) is 2. The molecule has 0 atom stereocenters. The van der Waals surface area contributed by atoms with Gasteiger partial charge in [-0.15, -0.1) is 0 Å². The summed E-state index contributed by atoms with van der Waals surface area (Å²) >= 11 is 0. The highest BCUT2D eigenvalue weighted by atomic mass is 16.2. The van der Waals surface area contributed by atoms with Crippen molar-refractivity contribution >= 4 is 17.4 Å². The van der Waals surface area contributed by atoms with Crippen molar-refractivity contribution in [3.63, 3.8) is 0 Å². The van der Waals surface area contributed by atoms with Crippen LogP contribution < -0.4 is 10.6 Å². The van der Waals surface area contributed by atoms with Gasteiger partial charge in [0, 0.05) is 18.1 Å². The molecule has 0 aliphatic heterocycles. The van der Waals surface area contributed by atoms with Gasteiger partial charge in [-0.1, -0.05) is 12.1 Å². The molecule has 0 saturated carbocycles. The number of imidazole rings is 1. The Labute approximate surface area is 139 Å². The summed E-state index contributed by atoms with van der Waals surface area (Å²) in [5.41, 5.74) is 3.45. The van der Waals surface area contributed by atoms with E-state index in [4.69, 9.17) is 0 Å². The van der Waals surface area contributed by atoms with Gasteiger partial charge in [0.05, 0.1) is 18.1 Å². The number of amides is 2. The molecule has 2 heterocycles. The maximum atomic E-state index is 12.1. The number of carbonyl (C=O) groups excluding carboxylic acids is 1. The third-order valence-electron chi connectivity index (χ3n) is 3.79. The van der Waals surface area contributed by atoms with Crippen LogP contribution in [-0.4, -0.2) is 25.6 Å². The number of hydrogen-bond acceptors (Lipinski definition) is 4. The summed E-state index contributed by atoms with van der Waals surface area (Å²) in [5.74, 6) is 1.30. The fourth-order valence-electron chi connectivity index (χ4n) is 2.27. The second-order valence-electron chi connectivity index (χ2n) is 5.44. The van der Waals surface area contributed by atoms with Crippen LogP contribution in [0.3, 0.4) is 0 Å². The van der Waals surface area contributed by atoms with Crippen LogP contribution in [0.5, 0.6) is 0 Å². The number of benzene rings is 1. The van der Waals surface area contributed by atoms with Crippen LogP contribution >= 0.6 is 0 Å². The van der Waals surface area contributed by atoms with E-state index in [1.807, 2.05) is 39.0 Å². The van der Waals surface area contributed by atoms with Gasteiger partial charge in [0.2, 0.25) is 5.95 Å². The quantitative estimate of drug-likeness (QED) is 0.775. The SMILES string of the molecule is Cc1cccc(NC(=O)Nc2cnc(-n3ccnc3C)nc2)c1C. The molecule has 3 aromatic rings. The molecule has 24 heavy (non-hydrogen) atoms. The summed E-state index contributed by atoms with van der Waals surface area (Å²) in [7, 11) is 0. The van der Waals surface area contributed by atoms with Gasteiger partial charge in [0.25, 0.3) is 0 Å². The molecule has 2 amide bonds. The minimum atomic E-state index is -0.334. The average Bonchev–Trinajstić information content (AvgIpc) is 2.99. The first kappa shape index (κ1) is 15.7. The molecule has 0 fully saturated rings. The highest BCUT2D eigenvalue weighted by Crippen LogP contribution is 2.18. The number of anilines is 2. The lowest BCUT2D eigenvalue weighted by Gasteiger charge is -2.11. The minimum Gasteiger partial charge on any atom is -0.307 e. The predicted octanol–water partition coefficient (Wildman–Crippen LogP) is 3.23. The Hall–Kier alpha value is -3.22. The standard InChI is InChI=1S/C17H18N6O/c1-11-5-4-6-15(12(11)2)22-17(24)21-14-9-19-16(20-10-14)23-8-7-18-13(23)3/h4-10H,1-3H3,(H2,21,22,24). The molecule has 122 valence electrons.